The zero-order valence-corrected chi connectivity index (χ0v) is 11.5. The second-order valence-corrected chi connectivity index (χ2v) is 4.86. The largest absolute Gasteiger partial charge is 0.361 e. The second kappa shape index (κ2) is 5.82. The smallest absolute Gasteiger partial charge is 0.251 e. The summed E-state index contributed by atoms with van der Waals surface area (Å²) in [5.41, 5.74) is 1.50. The molecule has 0 bridgehead atoms. The Bertz CT molecular complexity index is 534. The van der Waals surface area contributed by atoms with Crippen LogP contribution in [0.15, 0.2) is 39.3 Å². The molecule has 18 heavy (non-hydrogen) atoms. The molecular weight excluding hydrogens is 296 g/mol. The van der Waals surface area contributed by atoms with Gasteiger partial charge in [0.25, 0.3) is 5.91 Å². The number of amides is 1. The normalized spacial score (nSPS) is 10.3. The predicted molar refractivity (Wildman–Crippen MR) is 71.4 cm³/mol. The van der Waals surface area contributed by atoms with E-state index in [2.05, 4.69) is 26.4 Å². The van der Waals surface area contributed by atoms with Gasteiger partial charge in [0, 0.05) is 29.1 Å². The first kappa shape index (κ1) is 12.8. The summed E-state index contributed by atoms with van der Waals surface area (Å²) in [6.07, 6.45) is 0.642. The quantitative estimate of drug-likeness (QED) is 0.945. The topological polar surface area (TPSA) is 55.1 Å². The number of hydrogen-bond donors (Lipinski definition) is 1. The van der Waals surface area contributed by atoms with E-state index < -0.39 is 0 Å². The van der Waals surface area contributed by atoms with E-state index in [9.17, 15) is 4.79 Å². The minimum atomic E-state index is -0.0845. The fourth-order valence-corrected chi connectivity index (χ4v) is 1.80. The van der Waals surface area contributed by atoms with Gasteiger partial charge in [-0.15, -0.1) is 0 Å². The minimum Gasteiger partial charge on any atom is -0.361 e. The van der Waals surface area contributed by atoms with Crippen molar-refractivity contribution in [3.05, 3.63) is 51.8 Å². The number of aryl methyl sites for hydroxylation is 1. The van der Waals surface area contributed by atoms with Crippen LogP contribution in [-0.2, 0) is 6.42 Å². The molecule has 0 aliphatic heterocycles. The standard InChI is InChI=1S/C13H13BrN2O2/c1-9-8-12(18-16-9)6-7-15-13(17)10-2-4-11(14)5-3-10/h2-5,8H,6-7H2,1H3,(H,15,17). The Kier molecular flexibility index (Phi) is 4.15. The lowest BCUT2D eigenvalue weighted by atomic mass is 10.2. The molecule has 1 heterocycles. The van der Waals surface area contributed by atoms with Crippen molar-refractivity contribution in [2.24, 2.45) is 0 Å². The van der Waals surface area contributed by atoms with E-state index in [-0.39, 0.29) is 5.91 Å². The summed E-state index contributed by atoms with van der Waals surface area (Å²) in [5, 5.41) is 6.62. The molecule has 1 aromatic heterocycles. The minimum absolute atomic E-state index is 0.0845. The molecule has 1 aromatic carbocycles. The van der Waals surface area contributed by atoms with Gasteiger partial charge in [-0.1, -0.05) is 21.1 Å². The van der Waals surface area contributed by atoms with Gasteiger partial charge in [-0.3, -0.25) is 4.79 Å². The van der Waals surface area contributed by atoms with Gasteiger partial charge in [0.15, 0.2) is 0 Å². The maximum atomic E-state index is 11.8. The SMILES string of the molecule is Cc1cc(CCNC(=O)c2ccc(Br)cc2)on1. The molecule has 94 valence electrons. The molecule has 0 saturated heterocycles. The fourth-order valence-electron chi connectivity index (χ4n) is 1.54. The van der Waals surface area contributed by atoms with E-state index in [1.165, 1.54) is 0 Å². The van der Waals surface area contributed by atoms with E-state index >= 15 is 0 Å². The number of benzene rings is 1. The van der Waals surface area contributed by atoms with Crippen LogP contribution < -0.4 is 5.32 Å². The summed E-state index contributed by atoms with van der Waals surface area (Å²) in [4.78, 5) is 11.8. The molecule has 1 amide bonds. The number of hydrogen-bond acceptors (Lipinski definition) is 3. The summed E-state index contributed by atoms with van der Waals surface area (Å²) >= 11 is 3.33. The number of rotatable bonds is 4. The summed E-state index contributed by atoms with van der Waals surface area (Å²) < 4.78 is 6.01. The van der Waals surface area contributed by atoms with Crippen LogP contribution in [0.2, 0.25) is 0 Å². The van der Waals surface area contributed by atoms with E-state index in [1.54, 1.807) is 12.1 Å². The summed E-state index contributed by atoms with van der Waals surface area (Å²) in [6.45, 7) is 2.40. The van der Waals surface area contributed by atoms with Crippen molar-refractivity contribution in [1.29, 1.82) is 0 Å². The van der Waals surface area contributed by atoms with Crippen LogP contribution in [0.4, 0.5) is 0 Å². The first-order valence-corrected chi connectivity index (χ1v) is 6.40. The lowest BCUT2D eigenvalue weighted by molar-refractivity contribution is 0.0953. The molecular formula is C13H13BrN2O2. The Hall–Kier alpha value is -1.62. The van der Waals surface area contributed by atoms with Crippen molar-refractivity contribution >= 4 is 21.8 Å². The first-order valence-electron chi connectivity index (χ1n) is 5.61. The third kappa shape index (κ3) is 3.43. The third-order valence-electron chi connectivity index (χ3n) is 2.44. The number of halogens is 1. The zero-order valence-electron chi connectivity index (χ0n) is 9.94. The highest BCUT2D eigenvalue weighted by molar-refractivity contribution is 9.10. The first-order chi connectivity index (χ1) is 8.65. The van der Waals surface area contributed by atoms with E-state index in [4.69, 9.17) is 4.52 Å². The van der Waals surface area contributed by atoms with Crippen LogP contribution in [0.1, 0.15) is 21.8 Å². The van der Waals surface area contributed by atoms with Gasteiger partial charge in [0.2, 0.25) is 0 Å². The molecule has 0 fully saturated rings. The average Bonchev–Trinajstić information content (AvgIpc) is 2.76. The Labute approximate surface area is 113 Å². The van der Waals surface area contributed by atoms with Gasteiger partial charge < -0.3 is 9.84 Å². The monoisotopic (exact) mass is 308 g/mol. The number of carbonyl (C=O) groups excluding carboxylic acids is 1. The zero-order chi connectivity index (χ0) is 13.0. The summed E-state index contributed by atoms with van der Waals surface area (Å²) in [5.74, 6) is 0.697. The number of aromatic nitrogens is 1. The molecule has 0 aliphatic rings. The van der Waals surface area contributed by atoms with Crippen molar-refractivity contribution in [3.8, 4) is 0 Å². The Balaban J connectivity index is 1.83. The van der Waals surface area contributed by atoms with Crippen molar-refractivity contribution in [3.63, 3.8) is 0 Å². The maximum absolute atomic E-state index is 11.8. The lowest BCUT2D eigenvalue weighted by Gasteiger charge is -2.03. The molecule has 5 heteroatoms. The van der Waals surface area contributed by atoms with Gasteiger partial charge in [0.1, 0.15) is 5.76 Å². The van der Waals surface area contributed by atoms with Crippen LogP contribution in [0.25, 0.3) is 0 Å². The predicted octanol–water partition coefficient (Wildman–Crippen LogP) is 2.72. The highest BCUT2D eigenvalue weighted by Crippen LogP contribution is 2.10. The summed E-state index contributed by atoms with van der Waals surface area (Å²) in [6, 6.07) is 9.10. The van der Waals surface area contributed by atoms with Crippen LogP contribution in [0, 0.1) is 6.92 Å². The van der Waals surface area contributed by atoms with Gasteiger partial charge in [-0.05, 0) is 31.2 Å². The third-order valence-corrected chi connectivity index (χ3v) is 2.97. The Morgan fingerprint density at radius 2 is 2.11 bits per heavy atom. The van der Waals surface area contributed by atoms with Crippen molar-refractivity contribution in [2.75, 3.05) is 6.54 Å². The van der Waals surface area contributed by atoms with E-state index in [0.717, 1.165) is 15.9 Å². The lowest BCUT2D eigenvalue weighted by Crippen LogP contribution is -2.25. The molecule has 2 aromatic rings. The Morgan fingerprint density at radius 3 is 2.72 bits per heavy atom. The van der Waals surface area contributed by atoms with Crippen molar-refractivity contribution < 1.29 is 9.32 Å². The van der Waals surface area contributed by atoms with Crippen LogP contribution in [0.5, 0.6) is 0 Å². The van der Waals surface area contributed by atoms with Crippen LogP contribution in [-0.4, -0.2) is 17.6 Å². The van der Waals surface area contributed by atoms with Crippen LogP contribution >= 0.6 is 15.9 Å². The molecule has 0 saturated carbocycles. The number of carbonyl (C=O) groups is 1. The summed E-state index contributed by atoms with van der Waals surface area (Å²) in [7, 11) is 0. The highest BCUT2D eigenvalue weighted by atomic mass is 79.9. The molecule has 1 N–H and O–H groups in total. The molecule has 0 spiro atoms. The number of nitrogens with zero attached hydrogens (tertiary/aromatic N) is 1. The molecule has 4 nitrogen and oxygen atoms in total. The van der Waals surface area contributed by atoms with Crippen molar-refractivity contribution in [1.82, 2.24) is 10.5 Å². The molecule has 0 radical (unpaired) electrons. The second-order valence-electron chi connectivity index (χ2n) is 3.95. The maximum Gasteiger partial charge on any atom is 0.251 e. The highest BCUT2D eigenvalue weighted by Gasteiger charge is 2.05. The van der Waals surface area contributed by atoms with Gasteiger partial charge in [0.05, 0.1) is 5.69 Å². The molecule has 0 aliphatic carbocycles. The molecule has 0 atom stereocenters. The van der Waals surface area contributed by atoms with Crippen molar-refractivity contribution in [2.45, 2.75) is 13.3 Å². The van der Waals surface area contributed by atoms with E-state index in [0.29, 0.717) is 18.5 Å². The Morgan fingerprint density at radius 1 is 1.39 bits per heavy atom. The molecule has 2 rings (SSSR count). The molecule has 0 unspecified atom stereocenters. The van der Waals surface area contributed by atoms with Gasteiger partial charge in [-0.25, -0.2) is 0 Å². The fraction of sp³-hybridized carbons (Fsp3) is 0.231. The van der Waals surface area contributed by atoms with Gasteiger partial charge in [-0.2, -0.15) is 0 Å². The van der Waals surface area contributed by atoms with Crippen LogP contribution in [0.3, 0.4) is 0 Å². The number of nitrogens with one attached hydrogen (secondary N) is 1. The van der Waals surface area contributed by atoms with E-state index in [1.807, 2.05) is 25.1 Å². The average molecular weight is 309 g/mol. The van der Waals surface area contributed by atoms with Gasteiger partial charge >= 0.3 is 0 Å².